The molecular weight excluding hydrogens is 838 g/mol. The predicted octanol–water partition coefficient (Wildman–Crippen LogP) is 8.97. The summed E-state index contributed by atoms with van der Waals surface area (Å²) in [7, 11) is 0. The quantitative estimate of drug-likeness (QED) is 0.140. The van der Waals surface area contributed by atoms with Crippen LogP contribution in [0.3, 0.4) is 0 Å². The molecular formula is C49H60Cl2Hf. The first kappa shape index (κ1) is 41.0. The van der Waals surface area contributed by atoms with Crippen molar-refractivity contribution in [1.82, 2.24) is 0 Å². The Kier molecular flexibility index (Phi) is 12.8. The Morgan fingerprint density at radius 2 is 0.923 bits per heavy atom. The van der Waals surface area contributed by atoms with E-state index in [1.165, 1.54) is 86.7 Å². The molecule has 274 valence electrons. The van der Waals surface area contributed by atoms with E-state index in [2.05, 4.69) is 152 Å². The average molecular weight is 898 g/mol. The van der Waals surface area contributed by atoms with Gasteiger partial charge in [-0.3, -0.25) is 0 Å². The summed E-state index contributed by atoms with van der Waals surface area (Å²) in [6, 6.07) is 33.7. The van der Waals surface area contributed by atoms with Crippen LogP contribution in [0.4, 0.5) is 0 Å². The van der Waals surface area contributed by atoms with Gasteiger partial charge in [0.2, 0.25) is 0 Å². The number of halogens is 2. The van der Waals surface area contributed by atoms with Crippen LogP contribution in [0, 0.1) is 0 Å². The summed E-state index contributed by atoms with van der Waals surface area (Å²) in [5, 5.41) is 0. The minimum Gasteiger partial charge on any atom is -1.00 e. The van der Waals surface area contributed by atoms with Gasteiger partial charge in [-0.05, 0) is 0 Å². The van der Waals surface area contributed by atoms with Crippen LogP contribution >= 0.6 is 0 Å². The minimum absolute atomic E-state index is 0. The zero-order chi connectivity index (χ0) is 35.3. The molecule has 0 nitrogen and oxygen atoms in total. The van der Waals surface area contributed by atoms with Gasteiger partial charge in [0.15, 0.2) is 0 Å². The van der Waals surface area contributed by atoms with E-state index in [0.717, 1.165) is 0 Å². The number of hydrogen-bond donors (Lipinski definition) is 0. The van der Waals surface area contributed by atoms with Crippen LogP contribution in [0.1, 0.15) is 141 Å². The third-order valence-electron chi connectivity index (χ3n) is 12.5. The molecule has 2 unspecified atom stereocenters. The molecule has 0 aromatic heterocycles. The van der Waals surface area contributed by atoms with E-state index in [1.54, 1.807) is 33.4 Å². The largest absolute Gasteiger partial charge is 1.00 e. The van der Waals surface area contributed by atoms with Gasteiger partial charge in [0.05, 0.1) is 0 Å². The van der Waals surface area contributed by atoms with Crippen LogP contribution in [-0.4, -0.2) is 0 Å². The Balaban J connectivity index is 0.00000261. The summed E-state index contributed by atoms with van der Waals surface area (Å²) in [4.78, 5) is 0. The maximum absolute atomic E-state index is 3.10. The molecule has 0 radical (unpaired) electrons. The van der Waals surface area contributed by atoms with E-state index in [1.807, 2.05) is 0 Å². The number of hydrogen-bond acceptors (Lipinski definition) is 0. The number of unbranched alkanes of at least 4 members (excludes halogenated alkanes) is 2. The van der Waals surface area contributed by atoms with E-state index in [-0.39, 0.29) is 35.6 Å². The second-order valence-electron chi connectivity index (χ2n) is 17.9. The van der Waals surface area contributed by atoms with Crippen LogP contribution in [0.15, 0.2) is 96.1 Å². The van der Waals surface area contributed by atoms with Crippen molar-refractivity contribution in [2.24, 2.45) is 0 Å². The fourth-order valence-corrected chi connectivity index (χ4v) is 32.4. The summed E-state index contributed by atoms with van der Waals surface area (Å²) in [6.45, 7) is 18.6. The maximum atomic E-state index is 2.71. The first-order chi connectivity index (χ1) is 24.0. The van der Waals surface area contributed by atoms with Crippen LogP contribution in [0.5, 0.6) is 0 Å². The minimum atomic E-state index is -3.10. The van der Waals surface area contributed by atoms with Gasteiger partial charge in [-0.15, -0.1) is 0 Å². The van der Waals surface area contributed by atoms with Crippen molar-refractivity contribution >= 4 is 12.2 Å². The van der Waals surface area contributed by atoms with Gasteiger partial charge in [0.25, 0.3) is 0 Å². The normalized spacial score (nSPS) is 18.1. The van der Waals surface area contributed by atoms with Crippen molar-refractivity contribution in [3.05, 3.63) is 129 Å². The summed E-state index contributed by atoms with van der Waals surface area (Å²) >= 11 is -3.10. The number of allylic oxidation sites excluding steroid dienone is 2. The van der Waals surface area contributed by atoms with Gasteiger partial charge in [-0.25, -0.2) is 0 Å². The summed E-state index contributed by atoms with van der Waals surface area (Å²) in [5.74, 6) is 0. The molecule has 1 fully saturated rings. The molecule has 2 aliphatic carbocycles. The van der Waals surface area contributed by atoms with Crippen molar-refractivity contribution in [1.29, 1.82) is 0 Å². The molecule has 0 saturated carbocycles. The van der Waals surface area contributed by atoms with E-state index >= 15 is 0 Å². The molecule has 1 aliphatic heterocycles. The SMILES string of the molecule is CCCCC1=Cc2c(-c3ccc(C(C)(C)C)cc3)cccc2[CH]1[Hf+2]1([CH]2C(CCCC)=Cc3c(-c4ccc(C(C)(C)C)cc4)cccc32)[CH2]C[CH2]1.[Cl-].[Cl-]. The Morgan fingerprint density at radius 3 is 1.23 bits per heavy atom. The van der Waals surface area contributed by atoms with Gasteiger partial charge in [-0.2, -0.15) is 0 Å². The summed E-state index contributed by atoms with van der Waals surface area (Å²) in [5.41, 5.74) is 18.8. The van der Waals surface area contributed by atoms with Crippen molar-refractivity contribution in [3.63, 3.8) is 0 Å². The van der Waals surface area contributed by atoms with Crippen molar-refractivity contribution in [2.75, 3.05) is 0 Å². The molecule has 0 amide bonds. The molecule has 1 saturated heterocycles. The Labute approximate surface area is 333 Å². The third kappa shape index (κ3) is 7.55. The number of benzene rings is 4. The molecule has 52 heavy (non-hydrogen) atoms. The second kappa shape index (κ2) is 16.3. The molecule has 4 aromatic rings. The van der Waals surface area contributed by atoms with Gasteiger partial charge in [0, 0.05) is 0 Å². The van der Waals surface area contributed by atoms with Crippen molar-refractivity contribution < 1.29 is 44.8 Å². The molecule has 0 N–H and O–H groups in total. The number of fused-ring (bicyclic) bond motifs is 2. The monoisotopic (exact) mass is 898 g/mol. The summed E-state index contributed by atoms with van der Waals surface area (Å²) in [6.07, 6.45) is 14.5. The molecule has 2 atom stereocenters. The molecule has 4 aromatic carbocycles. The number of rotatable bonds is 10. The topological polar surface area (TPSA) is 0 Å². The van der Waals surface area contributed by atoms with Gasteiger partial charge in [0.1, 0.15) is 0 Å². The van der Waals surface area contributed by atoms with Gasteiger partial charge < -0.3 is 24.8 Å². The molecule has 3 aliphatic rings. The van der Waals surface area contributed by atoms with Gasteiger partial charge >= 0.3 is 311 Å². The van der Waals surface area contributed by atoms with Crippen molar-refractivity contribution in [2.45, 2.75) is 127 Å². The Morgan fingerprint density at radius 1 is 0.538 bits per heavy atom. The molecule has 1 heterocycles. The van der Waals surface area contributed by atoms with E-state index in [9.17, 15) is 0 Å². The predicted molar refractivity (Wildman–Crippen MR) is 216 cm³/mol. The maximum Gasteiger partial charge on any atom is -1.00 e. The molecule has 0 spiro atoms. The molecule has 7 rings (SSSR count). The fraction of sp³-hybridized carbons (Fsp3) is 0.429. The van der Waals surface area contributed by atoms with Crippen LogP contribution in [0.25, 0.3) is 34.4 Å². The van der Waals surface area contributed by atoms with E-state index < -0.39 is 20.0 Å². The van der Waals surface area contributed by atoms with E-state index in [4.69, 9.17) is 0 Å². The van der Waals surface area contributed by atoms with Crippen molar-refractivity contribution in [3.8, 4) is 22.3 Å². The summed E-state index contributed by atoms with van der Waals surface area (Å²) < 4.78 is 4.45. The second-order valence-corrected chi connectivity index (χ2v) is 34.5. The van der Waals surface area contributed by atoms with Gasteiger partial charge in [-0.1, -0.05) is 0 Å². The van der Waals surface area contributed by atoms with Crippen LogP contribution in [-0.2, 0) is 30.8 Å². The molecule has 3 heteroatoms. The zero-order valence-corrected chi connectivity index (χ0v) is 38.1. The van der Waals surface area contributed by atoms with Crippen LogP contribution < -0.4 is 24.8 Å². The average Bonchev–Trinajstić information content (AvgIpc) is 3.64. The standard InChI is InChI=1S/2C23H27.C3H6.2ClH.Hf/c2*1-5-6-8-17-15-19-9-7-10-21(22(19)16-17)18-11-13-20(14-12-18)23(2,3)4;1-3-2;;;/h2*7,9-16H,5-6,8H2,1-4H3;1-3H2;2*1H;/q;;;;;+2/p-2. The first-order valence-electron chi connectivity index (χ1n) is 19.8. The molecule has 0 bridgehead atoms. The Hall–Kier alpha value is -2.19. The first-order valence-corrected chi connectivity index (χ1v) is 29.1. The fourth-order valence-electron chi connectivity index (χ4n) is 9.61. The Bertz CT molecular complexity index is 1770. The van der Waals surface area contributed by atoms with E-state index in [0.29, 0.717) is 7.35 Å². The smallest absolute Gasteiger partial charge is 1.00 e. The zero-order valence-electron chi connectivity index (χ0n) is 33.0. The van der Waals surface area contributed by atoms with Crippen LogP contribution in [0.2, 0.25) is 8.35 Å². The third-order valence-corrected chi connectivity index (χ3v) is 34.9.